The first-order chi connectivity index (χ1) is 22.4. The maximum atomic E-state index is 12.2. The minimum absolute atomic E-state index is 0.434. The van der Waals surface area contributed by atoms with Crippen molar-refractivity contribution in [1.29, 1.82) is 0 Å². The van der Waals surface area contributed by atoms with E-state index in [1.807, 2.05) is 0 Å². The van der Waals surface area contributed by atoms with E-state index in [1.165, 1.54) is 0 Å². The Morgan fingerprint density at radius 1 is 0.396 bits per heavy atom. The summed E-state index contributed by atoms with van der Waals surface area (Å²) >= 11 is -1.63. The van der Waals surface area contributed by atoms with Gasteiger partial charge < -0.3 is 0 Å². The Labute approximate surface area is 286 Å². The van der Waals surface area contributed by atoms with E-state index in [0.717, 1.165) is 55.4 Å². The molecule has 18 nitrogen and oxygen atoms in total. The summed E-state index contributed by atoms with van der Waals surface area (Å²) in [7, 11) is 0. The Balaban J connectivity index is 2.57. The zero-order valence-corrected chi connectivity index (χ0v) is 30.8. The third-order valence-corrected chi connectivity index (χ3v) is 14.1. The average Bonchev–Trinajstić information content (AvgIpc) is 2.93. The van der Waals surface area contributed by atoms with Gasteiger partial charge in [0, 0.05) is 0 Å². The first-order valence-corrected chi connectivity index (χ1v) is 20.6. The number of ether oxygens (including phenoxy) is 10. The van der Waals surface area contributed by atoms with Crippen molar-refractivity contribution < 1.29 is 85.7 Å². The zero-order valence-electron chi connectivity index (χ0n) is 27.4. The molecule has 0 bridgehead atoms. The summed E-state index contributed by atoms with van der Waals surface area (Å²) < 4.78 is 55.4. The molecule has 2 aliphatic heterocycles. The second-order valence-electron chi connectivity index (χ2n) is 10.3. The summed E-state index contributed by atoms with van der Waals surface area (Å²) in [4.78, 5) is 96.2. The van der Waals surface area contributed by atoms with E-state index in [-0.39, 0.29) is 0 Å². The minimum atomic E-state index is -1.40. The normalized spacial score (nSPS) is 29.7. The van der Waals surface area contributed by atoms with Gasteiger partial charge in [-0.25, -0.2) is 0 Å². The number of hydrogen-bond donors (Lipinski definition) is 0. The molecule has 20 heteroatoms. The third-order valence-electron chi connectivity index (χ3n) is 6.14. The average molecular weight is 821 g/mol. The molecule has 4 unspecified atom stereocenters. The van der Waals surface area contributed by atoms with E-state index in [2.05, 4.69) is 0 Å². The van der Waals surface area contributed by atoms with Crippen LogP contribution in [0.2, 0.25) is 0 Å². The summed E-state index contributed by atoms with van der Waals surface area (Å²) in [6, 6.07) is 0. The number of hydrogen-bond acceptors (Lipinski definition) is 18. The van der Waals surface area contributed by atoms with Crippen molar-refractivity contribution >= 4 is 74.0 Å². The predicted octanol–water partition coefficient (Wildman–Crippen LogP) is -1.52. The molecule has 2 aliphatic rings. The molecule has 0 radical (unpaired) electrons. The third kappa shape index (κ3) is 13.0. The van der Waals surface area contributed by atoms with Crippen LogP contribution in [0.25, 0.3) is 0 Å². The second kappa shape index (κ2) is 19.0. The van der Waals surface area contributed by atoms with Crippen molar-refractivity contribution in [3.63, 3.8) is 0 Å². The summed E-state index contributed by atoms with van der Waals surface area (Å²) in [6.45, 7) is 8.00. The quantitative estimate of drug-likeness (QED) is 0.117. The Kier molecular flexibility index (Phi) is 16.2. The summed E-state index contributed by atoms with van der Waals surface area (Å²) in [5.74, 6) is -6.15. The van der Waals surface area contributed by atoms with Gasteiger partial charge in [0.05, 0.1) is 0 Å². The van der Waals surface area contributed by atoms with Crippen molar-refractivity contribution in [2.75, 3.05) is 13.2 Å². The number of esters is 8. The molecule has 0 amide bonds. The van der Waals surface area contributed by atoms with Gasteiger partial charge in [-0.2, -0.15) is 0 Å². The Bertz CT molecular complexity index is 1130. The molecule has 0 aliphatic carbocycles. The van der Waals surface area contributed by atoms with Crippen LogP contribution in [-0.4, -0.2) is 146 Å². The van der Waals surface area contributed by atoms with Gasteiger partial charge in [-0.1, -0.05) is 0 Å². The Morgan fingerprint density at radius 3 is 0.896 bits per heavy atom. The number of rotatable bonds is 13. The molecule has 0 spiro atoms. The van der Waals surface area contributed by atoms with E-state index >= 15 is 0 Å². The number of carbonyl (C=O) groups is 8. The van der Waals surface area contributed by atoms with Crippen molar-refractivity contribution in [2.45, 2.75) is 114 Å². The molecular formula is C28H38O18Se2. The molecule has 0 aromatic heterocycles. The van der Waals surface area contributed by atoms with Crippen LogP contribution in [0.3, 0.4) is 0 Å². The molecule has 0 aromatic rings. The fourth-order valence-electron chi connectivity index (χ4n) is 4.64. The second-order valence-corrected chi connectivity index (χ2v) is 17.3. The maximum absolute atomic E-state index is 12.2. The van der Waals surface area contributed by atoms with Crippen LogP contribution >= 0.6 is 0 Å². The van der Waals surface area contributed by atoms with Gasteiger partial charge in [-0.05, 0) is 0 Å². The molecule has 0 N–H and O–H groups in total. The van der Waals surface area contributed by atoms with Gasteiger partial charge in [0.1, 0.15) is 0 Å². The molecule has 2 saturated heterocycles. The molecular weight excluding hydrogens is 782 g/mol. The van der Waals surface area contributed by atoms with Gasteiger partial charge in [0.2, 0.25) is 0 Å². The molecule has 2 rings (SSSR count). The van der Waals surface area contributed by atoms with Gasteiger partial charge in [0.25, 0.3) is 0 Å². The van der Waals surface area contributed by atoms with Crippen LogP contribution in [-0.2, 0) is 85.7 Å². The molecule has 10 atom stereocenters. The molecule has 2 fully saturated rings. The van der Waals surface area contributed by atoms with Crippen molar-refractivity contribution in [2.24, 2.45) is 0 Å². The van der Waals surface area contributed by atoms with Gasteiger partial charge in [-0.3, -0.25) is 0 Å². The van der Waals surface area contributed by atoms with Gasteiger partial charge in [0.15, 0.2) is 0 Å². The molecule has 2 heterocycles. The van der Waals surface area contributed by atoms with Crippen LogP contribution in [0.4, 0.5) is 0 Å². The van der Waals surface area contributed by atoms with E-state index in [1.54, 1.807) is 0 Å². The summed E-state index contributed by atoms with van der Waals surface area (Å²) in [5, 5.41) is -2.13. The van der Waals surface area contributed by atoms with E-state index < -0.39 is 146 Å². The molecule has 0 saturated carbocycles. The van der Waals surface area contributed by atoms with Crippen molar-refractivity contribution in [3.8, 4) is 0 Å². The summed E-state index contributed by atoms with van der Waals surface area (Å²) in [5.41, 5.74) is 0. The predicted molar refractivity (Wildman–Crippen MR) is 155 cm³/mol. The molecule has 48 heavy (non-hydrogen) atoms. The topological polar surface area (TPSA) is 229 Å². The van der Waals surface area contributed by atoms with Crippen LogP contribution < -0.4 is 0 Å². The zero-order chi connectivity index (χ0) is 36.3. The fraction of sp³-hybridized carbons (Fsp3) is 0.714. The van der Waals surface area contributed by atoms with Crippen molar-refractivity contribution in [1.82, 2.24) is 0 Å². The van der Waals surface area contributed by atoms with Crippen LogP contribution in [0, 0.1) is 0 Å². The van der Waals surface area contributed by atoms with E-state index in [9.17, 15) is 38.4 Å². The van der Waals surface area contributed by atoms with E-state index in [4.69, 9.17) is 47.4 Å². The monoisotopic (exact) mass is 822 g/mol. The Hall–Kier alpha value is -3.28. The number of carbonyl (C=O) groups excluding carboxylic acids is 8. The molecule has 0 aromatic carbocycles. The van der Waals surface area contributed by atoms with Crippen molar-refractivity contribution in [3.05, 3.63) is 0 Å². The molecule has 270 valence electrons. The standard InChI is InChI=1S/C28H38O18Se2/c1-11(29)37-9-19-21(39-13(3)31)23(41-15(5)33)25(43-17(7)35)27(45-19)47-48-28-26(44-18(8)36)24(42-16(6)34)22(40-14(4)32)20(46-28)10-38-12(2)30/h19-28H,9-10H2,1-8H3/t19-,20?,21-,22?,23-,24+,25-,26-,27?,28?/m1/s1. The fourth-order valence-corrected chi connectivity index (χ4v) is 13.0. The summed E-state index contributed by atoms with van der Waals surface area (Å²) in [6.07, 6.45) is -10.6. The SMILES string of the molecule is CC(=O)OCC1OC([Se][Se]C2O[C@H](COC(C)=O)[C@@H](OC(C)=O)[C@@H](OC(C)=O)[C@H]2OC(C)=O)[C@H](OC(C)=O)[C@@H](OC(C)=O)C1OC(C)=O. The van der Waals surface area contributed by atoms with Gasteiger partial charge >= 0.3 is 287 Å². The Morgan fingerprint density at radius 2 is 0.646 bits per heavy atom. The van der Waals surface area contributed by atoms with E-state index in [0.29, 0.717) is 0 Å². The van der Waals surface area contributed by atoms with Gasteiger partial charge in [-0.15, -0.1) is 0 Å². The first-order valence-electron chi connectivity index (χ1n) is 14.3. The van der Waals surface area contributed by atoms with Crippen LogP contribution in [0.1, 0.15) is 55.4 Å². The first kappa shape index (κ1) is 40.9. The van der Waals surface area contributed by atoms with Crippen LogP contribution in [0.5, 0.6) is 0 Å². The van der Waals surface area contributed by atoms with Crippen LogP contribution in [0.15, 0.2) is 0 Å².